The summed E-state index contributed by atoms with van der Waals surface area (Å²) in [5.41, 5.74) is 9.69. The molecule has 5 nitrogen and oxygen atoms in total. The Balaban J connectivity index is 0.000000310. The molecule has 13 heavy (non-hydrogen) atoms. The molecule has 4 N–H and O–H groups in total. The lowest BCUT2D eigenvalue weighted by Crippen LogP contribution is -2.12. The number of pyridine rings is 1. The number of carbonyl (C=O) groups excluding carboxylic acids is 2. The first-order valence-electron chi connectivity index (χ1n) is 3.51. The van der Waals surface area contributed by atoms with Crippen molar-refractivity contribution in [2.45, 2.75) is 6.92 Å². The van der Waals surface area contributed by atoms with Gasteiger partial charge in [-0.05, 0) is 12.1 Å². The van der Waals surface area contributed by atoms with Crippen LogP contribution >= 0.6 is 0 Å². The molecule has 0 saturated heterocycles. The van der Waals surface area contributed by atoms with E-state index in [9.17, 15) is 9.59 Å². The van der Waals surface area contributed by atoms with Crippen LogP contribution in [0.15, 0.2) is 24.4 Å². The van der Waals surface area contributed by atoms with Crippen molar-refractivity contribution in [1.29, 1.82) is 0 Å². The zero-order chi connectivity index (χ0) is 10.3. The fourth-order valence-electron chi connectivity index (χ4n) is 0.509. The van der Waals surface area contributed by atoms with Crippen molar-refractivity contribution in [3.8, 4) is 0 Å². The molecule has 0 aliphatic carbocycles. The topological polar surface area (TPSA) is 99.1 Å². The first kappa shape index (κ1) is 11.1. The standard InChI is InChI=1S/C6H6N2O.C2H5NO/c7-6(9)5-3-1-2-4-8-5;1-2(3)4/h1-4H,(H2,7,9);1H3,(H2,3,4). The minimum Gasteiger partial charge on any atom is -0.370 e. The van der Waals surface area contributed by atoms with Crippen molar-refractivity contribution >= 4 is 11.8 Å². The monoisotopic (exact) mass is 181 g/mol. The molecule has 1 aromatic rings. The highest BCUT2D eigenvalue weighted by atomic mass is 16.1. The van der Waals surface area contributed by atoms with Crippen LogP contribution in [-0.2, 0) is 4.79 Å². The van der Waals surface area contributed by atoms with Crippen molar-refractivity contribution in [3.63, 3.8) is 0 Å². The van der Waals surface area contributed by atoms with Crippen molar-refractivity contribution in [2.24, 2.45) is 11.5 Å². The fraction of sp³-hybridized carbons (Fsp3) is 0.125. The highest BCUT2D eigenvalue weighted by Gasteiger charge is 1.95. The van der Waals surface area contributed by atoms with Crippen LogP contribution in [0.25, 0.3) is 0 Å². The summed E-state index contributed by atoms with van der Waals surface area (Å²) in [5, 5.41) is 0. The number of nitrogens with two attached hydrogens (primary N) is 2. The van der Waals surface area contributed by atoms with Crippen LogP contribution in [-0.4, -0.2) is 16.8 Å². The molecule has 70 valence electrons. The Morgan fingerprint density at radius 2 is 1.85 bits per heavy atom. The predicted molar refractivity (Wildman–Crippen MR) is 47.6 cm³/mol. The van der Waals surface area contributed by atoms with Crippen LogP contribution in [0.2, 0.25) is 0 Å². The number of nitrogens with zero attached hydrogens (tertiary/aromatic N) is 1. The molecular formula is C8H11N3O2. The van der Waals surface area contributed by atoms with E-state index in [1.54, 1.807) is 18.2 Å². The van der Waals surface area contributed by atoms with E-state index in [-0.39, 0.29) is 5.91 Å². The highest BCUT2D eigenvalue weighted by molar-refractivity contribution is 5.90. The van der Waals surface area contributed by atoms with Gasteiger partial charge in [0.1, 0.15) is 5.69 Å². The van der Waals surface area contributed by atoms with E-state index in [1.165, 1.54) is 13.1 Å². The van der Waals surface area contributed by atoms with Crippen molar-refractivity contribution < 1.29 is 9.59 Å². The van der Waals surface area contributed by atoms with Gasteiger partial charge in [0.15, 0.2) is 0 Å². The Morgan fingerprint density at radius 1 is 1.31 bits per heavy atom. The van der Waals surface area contributed by atoms with Gasteiger partial charge in [0.25, 0.3) is 5.91 Å². The average Bonchev–Trinajstić information content (AvgIpc) is 2.05. The van der Waals surface area contributed by atoms with Crippen molar-refractivity contribution in [2.75, 3.05) is 0 Å². The third-order valence-corrected chi connectivity index (χ3v) is 0.917. The number of amides is 2. The summed E-state index contributed by atoms with van der Waals surface area (Å²) in [6.07, 6.45) is 1.53. The summed E-state index contributed by atoms with van der Waals surface area (Å²) in [4.78, 5) is 23.3. The van der Waals surface area contributed by atoms with Gasteiger partial charge in [-0.25, -0.2) is 0 Å². The SMILES string of the molecule is CC(N)=O.NC(=O)c1ccccn1. The first-order chi connectivity index (χ1) is 6.04. The number of hydrogen-bond acceptors (Lipinski definition) is 3. The third kappa shape index (κ3) is 6.49. The second-order valence-electron chi connectivity index (χ2n) is 2.19. The Hall–Kier alpha value is -1.91. The van der Waals surface area contributed by atoms with Crippen LogP contribution in [0.4, 0.5) is 0 Å². The van der Waals surface area contributed by atoms with Crippen LogP contribution in [0.1, 0.15) is 17.4 Å². The van der Waals surface area contributed by atoms with Crippen LogP contribution in [0, 0.1) is 0 Å². The van der Waals surface area contributed by atoms with E-state index in [0.29, 0.717) is 5.69 Å². The maximum Gasteiger partial charge on any atom is 0.267 e. The molecule has 0 spiro atoms. The summed E-state index contributed by atoms with van der Waals surface area (Å²) < 4.78 is 0. The largest absolute Gasteiger partial charge is 0.370 e. The lowest BCUT2D eigenvalue weighted by atomic mass is 10.3. The Kier molecular flexibility index (Phi) is 4.87. The second-order valence-corrected chi connectivity index (χ2v) is 2.19. The van der Waals surface area contributed by atoms with Gasteiger partial charge in [0.2, 0.25) is 5.91 Å². The molecule has 0 fully saturated rings. The number of primary amides is 2. The zero-order valence-corrected chi connectivity index (χ0v) is 7.23. The molecule has 5 heteroatoms. The smallest absolute Gasteiger partial charge is 0.267 e. The van der Waals surface area contributed by atoms with Crippen LogP contribution in [0.5, 0.6) is 0 Å². The van der Waals surface area contributed by atoms with E-state index >= 15 is 0 Å². The van der Waals surface area contributed by atoms with E-state index in [0.717, 1.165) is 0 Å². The lowest BCUT2D eigenvalue weighted by Gasteiger charge is -1.88. The molecule has 0 aromatic carbocycles. The summed E-state index contributed by atoms with van der Waals surface area (Å²) in [7, 11) is 0. The maximum atomic E-state index is 10.4. The summed E-state index contributed by atoms with van der Waals surface area (Å²) in [6.45, 7) is 1.31. The second kappa shape index (κ2) is 5.70. The number of hydrogen-bond donors (Lipinski definition) is 2. The molecule has 1 aromatic heterocycles. The summed E-state index contributed by atoms with van der Waals surface area (Å²) >= 11 is 0. The van der Waals surface area contributed by atoms with Gasteiger partial charge >= 0.3 is 0 Å². The summed E-state index contributed by atoms with van der Waals surface area (Å²) in [6, 6.07) is 5.02. The minimum atomic E-state index is -0.490. The maximum absolute atomic E-state index is 10.4. The minimum absolute atomic E-state index is 0.303. The predicted octanol–water partition coefficient (Wildman–Crippen LogP) is -0.328. The van der Waals surface area contributed by atoms with Crippen LogP contribution in [0.3, 0.4) is 0 Å². The molecule has 1 rings (SSSR count). The molecule has 2 amide bonds. The third-order valence-electron chi connectivity index (χ3n) is 0.917. The molecule has 0 atom stereocenters. The molecule has 0 aliphatic rings. The number of rotatable bonds is 1. The van der Waals surface area contributed by atoms with Gasteiger partial charge in [0, 0.05) is 13.1 Å². The lowest BCUT2D eigenvalue weighted by molar-refractivity contribution is -0.115. The molecule has 0 unspecified atom stereocenters. The van der Waals surface area contributed by atoms with E-state index in [1.807, 2.05) is 0 Å². The van der Waals surface area contributed by atoms with Crippen molar-refractivity contribution in [3.05, 3.63) is 30.1 Å². The fourth-order valence-corrected chi connectivity index (χ4v) is 0.509. The molecule has 0 radical (unpaired) electrons. The summed E-state index contributed by atoms with van der Waals surface area (Å²) in [5.74, 6) is -0.824. The van der Waals surface area contributed by atoms with Crippen LogP contribution < -0.4 is 11.5 Å². The molecule has 0 bridgehead atoms. The van der Waals surface area contributed by atoms with E-state index in [2.05, 4.69) is 10.7 Å². The van der Waals surface area contributed by atoms with Gasteiger partial charge in [-0.15, -0.1) is 0 Å². The first-order valence-corrected chi connectivity index (χ1v) is 3.51. The number of carbonyl (C=O) groups is 2. The Labute approximate surface area is 75.8 Å². The number of aromatic nitrogens is 1. The van der Waals surface area contributed by atoms with E-state index < -0.39 is 5.91 Å². The van der Waals surface area contributed by atoms with Gasteiger partial charge in [-0.2, -0.15) is 0 Å². The average molecular weight is 181 g/mol. The Morgan fingerprint density at radius 3 is 2.08 bits per heavy atom. The van der Waals surface area contributed by atoms with Gasteiger partial charge in [-0.3, -0.25) is 14.6 Å². The van der Waals surface area contributed by atoms with Crippen molar-refractivity contribution in [1.82, 2.24) is 4.98 Å². The quantitative estimate of drug-likeness (QED) is 0.620. The molecule has 0 saturated carbocycles. The molecule has 0 aliphatic heterocycles. The van der Waals surface area contributed by atoms with Gasteiger partial charge in [0.05, 0.1) is 0 Å². The Bertz CT molecular complexity index is 281. The highest BCUT2D eigenvalue weighted by Crippen LogP contribution is 1.88. The molecule has 1 heterocycles. The molecular weight excluding hydrogens is 170 g/mol. The van der Waals surface area contributed by atoms with Gasteiger partial charge in [-0.1, -0.05) is 6.07 Å². The zero-order valence-electron chi connectivity index (χ0n) is 7.23. The van der Waals surface area contributed by atoms with E-state index in [4.69, 9.17) is 5.73 Å². The van der Waals surface area contributed by atoms with Gasteiger partial charge < -0.3 is 11.5 Å². The normalized spacial score (nSPS) is 8.08.